The Hall–Kier alpha value is -2.54. The van der Waals surface area contributed by atoms with E-state index in [1.807, 2.05) is 18.2 Å². The minimum atomic E-state index is -0.278. The van der Waals surface area contributed by atoms with Crippen LogP contribution >= 0.6 is 11.6 Å². The summed E-state index contributed by atoms with van der Waals surface area (Å²) in [5.41, 5.74) is 2.78. The SMILES string of the molecule is CNC(=O)Nc1cccc(-c2nn3nc(C(C)(C)C)c(Cl)c3[nH]2)c1. The highest BCUT2D eigenvalue weighted by atomic mass is 35.5. The van der Waals surface area contributed by atoms with Crippen LogP contribution in [0.5, 0.6) is 0 Å². The zero-order valence-corrected chi connectivity index (χ0v) is 14.7. The van der Waals surface area contributed by atoms with Gasteiger partial charge < -0.3 is 15.6 Å². The molecule has 2 heterocycles. The highest BCUT2D eigenvalue weighted by molar-refractivity contribution is 6.34. The van der Waals surface area contributed by atoms with Crippen LogP contribution in [0.2, 0.25) is 5.02 Å². The number of carbonyl (C=O) groups is 1. The number of nitrogens with one attached hydrogen (secondary N) is 3. The highest BCUT2D eigenvalue weighted by Gasteiger charge is 2.25. The van der Waals surface area contributed by atoms with Crippen LogP contribution in [0.4, 0.5) is 10.5 Å². The predicted octanol–water partition coefficient (Wildman–Crippen LogP) is 3.43. The molecule has 3 N–H and O–H groups in total. The molecule has 7 nitrogen and oxygen atoms in total. The van der Waals surface area contributed by atoms with E-state index in [4.69, 9.17) is 11.6 Å². The Kier molecular flexibility index (Phi) is 3.96. The summed E-state index contributed by atoms with van der Waals surface area (Å²) in [5, 5.41) is 14.7. The van der Waals surface area contributed by atoms with E-state index in [9.17, 15) is 4.79 Å². The van der Waals surface area contributed by atoms with E-state index in [2.05, 4.69) is 46.6 Å². The Morgan fingerprint density at radius 3 is 2.67 bits per heavy atom. The molecule has 2 amide bonds. The predicted molar refractivity (Wildman–Crippen MR) is 94.6 cm³/mol. The first-order chi connectivity index (χ1) is 11.3. The van der Waals surface area contributed by atoms with E-state index < -0.39 is 0 Å². The number of amides is 2. The van der Waals surface area contributed by atoms with Gasteiger partial charge in [-0.25, -0.2) is 4.79 Å². The van der Waals surface area contributed by atoms with Crippen LogP contribution in [-0.4, -0.2) is 32.9 Å². The molecule has 0 spiro atoms. The number of aromatic nitrogens is 4. The molecule has 0 bridgehead atoms. The number of halogens is 1. The number of fused-ring (bicyclic) bond motifs is 1. The minimum Gasteiger partial charge on any atom is -0.341 e. The van der Waals surface area contributed by atoms with Crippen molar-refractivity contribution >= 4 is 29.0 Å². The number of benzene rings is 1. The summed E-state index contributed by atoms with van der Waals surface area (Å²) in [4.78, 5) is 14.6. The Labute approximate surface area is 144 Å². The number of rotatable bonds is 2. The second-order valence-electron chi connectivity index (χ2n) is 6.51. The van der Waals surface area contributed by atoms with Gasteiger partial charge in [0.15, 0.2) is 11.5 Å². The number of hydrogen-bond acceptors (Lipinski definition) is 3. The number of H-pyrrole nitrogens is 1. The standard InChI is InChI=1S/C16H19ClN6O/c1-16(2,3)12-11(17)14-20-13(22-23(14)21-12)9-6-5-7-10(8-9)19-15(24)18-4/h5-8H,1-4H3,(H,20,22)(H2,18,19,24). The van der Waals surface area contributed by atoms with Crippen molar-refractivity contribution in [2.24, 2.45) is 0 Å². The van der Waals surface area contributed by atoms with E-state index >= 15 is 0 Å². The lowest BCUT2D eigenvalue weighted by Gasteiger charge is -2.14. The van der Waals surface area contributed by atoms with Crippen molar-refractivity contribution in [2.75, 3.05) is 12.4 Å². The summed E-state index contributed by atoms with van der Waals surface area (Å²) in [5.74, 6) is 0.625. The van der Waals surface area contributed by atoms with Crippen LogP contribution in [-0.2, 0) is 5.41 Å². The molecule has 2 aromatic heterocycles. The van der Waals surface area contributed by atoms with Crippen LogP contribution < -0.4 is 10.6 Å². The lowest BCUT2D eigenvalue weighted by Crippen LogP contribution is -2.24. The van der Waals surface area contributed by atoms with Gasteiger partial charge in [0.1, 0.15) is 5.02 Å². The van der Waals surface area contributed by atoms with Gasteiger partial charge >= 0.3 is 6.03 Å². The fraction of sp³-hybridized carbons (Fsp3) is 0.312. The molecule has 0 saturated heterocycles. The second-order valence-corrected chi connectivity index (χ2v) is 6.89. The van der Waals surface area contributed by atoms with Crippen molar-refractivity contribution in [3.05, 3.63) is 35.0 Å². The third-order valence-electron chi connectivity index (χ3n) is 3.57. The Morgan fingerprint density at radius 1 is 1.29 bits per heavy atom. The molecule has 3 rings (SSSR count). The fourth-order valence-corrected chi connectivity index (χ4v) is 2.79. The Balaban J connectivity index is 1.99. The number of aromatic amines is 1. The molecule has 0 aliphatic heterocycles. The topological polar surface area (TPSA) is 87.1 Å². The third-order valence-corrected chi connectivity index (χ3v) is 3.93. The van der Waals surface area contributed by atoms with Gasteiger partial charge in [-0.3, -0.25) is 0 Å². The Bertz CT molecular complexity index is 905. The molecule has 0 fully saturated rings. The largest absolute Gasteiger partial charge is 0.341 e. The highest BCUT2D eigenvalue weighted by Crippen LogP contribution is 2.32. The van der Waals surface area contributed by atoms with Gasteiger partial charge in [-0.15, -0.1) is 9.73 Å². The molecule has 0 unspecified atom stereocenters. The van der Waals surface area contributed by atoms with E-state index in [-0.39, 0.29) is 11.4 Å². The van der Waals surface area contributed by atoms with Gasteiger partial charge in [0.2, 0.25) is 0 Å². The maximum absolute atomic E-state index is 11.4. The van der Waals surface area contributed by atoms with Crippen LogP contribution in [0.15, 0.2) is 24.3 Å². The number of carbonyl (C=O) groups excluding carboxylic acids is 1. The molecule has 1 aromatic carbocycles. The third kappa shape index (κ3) is 2.94. The molecular formula is C16H19ClN6O. The molecule has 0 saturated carbocycles. The number of hydrogen-bond donors (Lipinski definition) is 3. The quantitative estimate of drug-likeness (QED) is 0.664. The second kappa shape index (κ2) is 5.83. The van der Waals surface area contributed by atoms with E-state index in [0.717, 1.165) is 11.3 Å². The van der Waals surface area contributed by atoms with E-state index in [1.54, 1.807) is 13.1 Å². The summed E-state index contributed by atoms with van der Waals surface area (Å²) in [6.07, 6.45) is 0. The summed E-state index contributed by atoms with van der Waals surface area (Å²) < 4.78 is 1.51. The first kappa shape index (κ1) is 16.3. The molecule has 0 radical (unpaired) electrons. The summed E-state index contributed by atoms with van der Waals surface area (Å²) in [7, 11) is 1.57. The molecule has 0 atom stereocenters. The van der Waals surface area contributed by atoms with Crippen molar-refractivity contribution < 1.29 is 4.79 Å². The Morgan fingerprint density at radius 2 is 2.04 bits per heavy atom. The van der Waals surface area contributed by atoms with Gasteiger partial charge in [-0.2, -0.15) is 5.10 Å². The van der Waals surface area contributed by atoms with Crippen LogP contribution in [0.1, 0.15) is 26.5 Å². The van der Waals surface area contributed by atoms with Crippen molar-refractivity contribution in [1.29, 1.82) is 0 Å². The van der Waals surface area contributed by atoms with Gasteiger partial charge in [-0.1, -0.05) is 44.5 Å². The molecule has 0 aliphatic carbocycles. The van der Waals surface area contributed by atoms with Gasteiger partial charge in [0.05, 0.1) is 5.69 Å². The normalized spacial score (nSPS) is 11.7. The van der Waals surface area contributed by atoms with Gasteiger partial charge in [-0.05, 0) is 12.1 Å². The van der Waals surface area contributed by atoms with E-state index in [1.165, 1.54) is 4.63 Å². The lowest BCUT2D eigenvalue weighted by atomic mass is 9.92. The van der Waals surface area contributed by atoms with Crippen LogP contribution in [0, 0.1) is 0 Å². The molecule has 8 heteroatoms. The maximum atomic E-state index is 11.4. The zero-order valence-electron chi connectivity index (χ0n) is 13.9. The zero-order chi connectivity index (χ0) is 17.5. The minimum absolute atomic E-state index is 0.164. The smallest absolute Gasteiger partial charge is 0.318 e. The van der Waals surface area contributed by atoms with Gasteiger partial charge in [0, 0.05) is 23.7 Å². The first-order valence-electron chi connectivity index (χ1n) is 7.54. The van der Waals surface area contributed by atoms with Crippen LogP contribution in [0.3, 0.4) is 0 Å². The number of urea groups is 1. The van der Waals surface area contributed by atoms with E-state index in [0.29, 0.717) is 22.2 Å². The first-order valence-corrected chi connectivity index (χ1v) is 7.91. The van der Waals surface area contributed by atoms with Crippen LogP contribution in [0.25, 0.3) is 17.0 Å². The lowest BCUT2D eigenvalue weighted by molar-refractivity contribution is 0.254. The monoisotopic (exact) mass is 346 g/mol. The molecular weight excluding hydrogens is 328 g/mol. The average molecular weight is 347 g/mol. The van der Waals surface area contributed by atoms with Crippen molar-refractivity contribution in [3.63, 3.8) is 0 Å². The van der Waals surface area contributed by atoms with Crippen molar-refractivity contribution in [3.8, 4) is 11.4 Å². The molecule has 126 valence electrons. The number of nitrogens with zero attached hydrogens (tertiary/aromatic N) is 3. The maximum Gasteiger partial charge on any atom is 0.318 e. The summed E-state index contributed by atoms with van der Waals surface area (Å²) in [6, 6.07) is 7.09. The summed E-state index contributed by atoms with van der Waals surface area (Å²) >= 11 is 6.44. The van der Waals surface area contributed by atoms with Crippen molar-refractivity contribution in [1.82, 2.24) is 25.1 Å². The molecule has 24 heavy (non-hydrogen) atoms. The average Bonchev–Trinajstić information content (AvgIpc) is 3.07. The number of anilines is 1. The van der Waals surface area contributed by atoms with Crippen molar-refractivity contribution in [2.45, 2.75) is 26.2 Å². The molecule has 0 aliphatic rings. The molecule has 3 aromatic rings. The summed E-state index contributed by atoms with van der Waals surface area (Å²) in [6.45, 7) is 6.15. The fourth-order valence-electron chi connectivity index (χ4n) is 2.34. The van der Waals surface area contributed by atoms with Gasteiger partial charge in [0.25, 0.3) is 0 Å².